The van der Waals surface area contributed by atoms with Crippen molar-refractivity contribution in [3.63, 3.8) is 0 Å². The van der Waals surface area contributed by atoms with Crippen molar-refractivity contribution in [2.45, 2.75) is 19.9 Å². The van der Waals surface area contributed by atoms with Crippen molar-refractivity contribution in [1.29, 1.82) is 0 Å². The molecule has 0 aliphatic rings. The molecule has 0 unspecified atom stereocenters. The van der Waals surface area contributed by atoms with Gasteiger partial charge < -0.3 is 10.4 Å². The second-order valence-electron chi connectivity index (χ2n) is 3.24. The lowest BCUT2D eigenvalue weighted by atomic mass is 10.1. The van der Waals surface area contributed by atoms with E-state index in [-0.39, 0.29) is 18.9 Å². The molecular weight excluding hydrogens is 178 g/mol. The summed E-state index contributed by atoms with van der Waals surface area (Å²) in [6, 6.07) is 7.98. The van der Waals surface area contributed by atoms with Gasteiger partial charge in [-0.15, -0.1) is 0 Å². The average molecular weight is 193 g/mol. The predicted molar refractivity (Wildman–Crippen MR) is 54.7 cm³/mol. The molecule has 0 saturated carbocycles. The molecule has 1 rings (SSSR count). The Bertz CT molecular complexity index is 293. The summed E-state index contributed by atoms with van der Waals surface area (Å²) >= 11 is 0. The maximum atomic E-state index is 11.0. The highest BCUT2D eigenvalue weighted by molar-refractivity contribution is 5.75. The third kappa shape index (κ3) is 3.58. The van der Waals surface area contributed by atoms with Gasteiger partial charge in [-0.2, -0.15) is 0 Å². The Labute approximate surface area is 83.8 Å². The van der Waals surface area contributed by atoms with Crippen LogP contribution in [-0.2, 0) is 11.3 Å². The summed E-state index contributed by atoms with van der Waals surface area (Å²) in [5.74, 6) is -0.118. The van der Waals surface area contributed by atoms with E-state index in [0.717, 1.165) is 5.56 Å². The fourth-order valence-electron chi connectivity index (χ4n) is 1.10. The van der Waals surface area contributed by atoms with E-state index in [2.05, 4.69) is 5.32 Å². The summed E-state index contributed by atoms with van der Waals surface area (Å²) < 4.78 is 0. The molecule has 3 heteroatoms. The Hall–Kier alpha value is -1.35. The lowest BCUT2D eigenvalue weighted by Gasteiger charge is -2.04. The van der Waals surface area contributed by atoms with Crippen LogP contribution in [0.15, 0.2) is 24.3 Å². The van der Waals surface area contributed by atoms with Gasteiger partial charge in [-0.3, -0.25) is 4.79 Å². The van der Waals surface area contributed by atoms with E-state index in [1.54, 1.807) is 0 Å². The van der Waals surface area contributed by atoms with Crippen molar-refractivity contribution in [1.82, 2.24) is 5.32 Å². The summed E-state index contributed by atoms with van der Waals surface area (Å²) in [4.78, 5) is 11.0. The molecule has 1 aromatic rings. The summed E-state index contributed by atoms with van der Waals surface area (Å²) in [5, 5.41) is 11.2. The normalized spacial score (nSPS) is 9.86. The monoisotopic (exact) mass is 193 g/mol. The first-order valence-electron chi connectivity index (χ1n) is 4.65. The first-order chi connectivity index (χ1) is 6.72. The topological polar surface area (TPSA) is 49.3 Å². The van der Waals surface area contributed by atoms with Crippen LogP contribution in [0.4, 0.5) is 0 Å². The largest absolute Gasteiger partial charge is 0.396 e. The van der Waals surface area contributed by atoms with Crippen LogP contribution in [0, 0.1) is 6.92 Å². The quantitative estimate of drug-likeness (QED) is 0.749. The molecule has 1 amide bonds. The predicted octanol–water partition coefficient (Wildman–Crippen LogP) is 0.994. The van der Waals surface area contributed by atoms with Gasteiger partial charge in [0.05, 0.1) is 6.61 Å². The van der Waals surface area contributed by atoms with Crippen molar-refractivity contribution >= 4 is 5.91 Å². The molecule has 0 fully saturated rings. The summed E-state index contributed by atoms with van der Waals surface area (Å²) in [7, 11) is 0. The van der Waals surface area contributed by atoms with E-state index in [1.165, 1.54) is 5.56 Å². The maximum absolute atomic E-state index is 11.0. The van der Waals surface area contributed by atoms with Gasteiger partial charge >= 0.3 is 0 Å². The Balaban J connectivity index is 2.38. The van der Waals surface area contributed by atoms with E-state index in [9.17, 15) is 4.79 Å². The molecule has 0 heterocycles. The van der Waals surface area contributed by atoms with Gasteiger partial charge in [0.1, 0.15) is 0 Å². The minimum absolute atomic E-state index is 0.0975. The third-order valence-electron chi connectivity index (χ3n) is 1.95. The first-order valence-corrected chi connectivity index (χ1v) is 4.65. The number of hydrogen-bond acceptors (Lipinski definition) is 2. The zero-order valence-corrected chi connectivity index (χ0v) is 8.29. The average Bonchev–Trinajstić information content (AvgIpc) is 2.17. The minimum Gasteiger partial charge on any atom is -0.396 e. The van der Waals surface area contributed by atoms with Crippen molar-refractivity contribution in [2.75, 3.05) is 6.61 Å². The molecule has 1 aromatic carbocycles. The minimum atomic E-state index is -0.118. The van der Waals surface area contributed by atoms with Gasteiger partial charge in [0.2, 0.25) is 5.91 Å². The Morgan fingerprint density at radius 2 is 2.00 bits per heavy atom. The molecule has 3 nitrogen and oxygen atoms in total. The molecule has 0 radical (unpaired) electrons. The van der Waals surface area contributed by atoms with Gasteiger partial charge in [-0.25, -0.2) is 0 Å². The van der Waals surface area contributed by atoms with Crippen LogP contribution >= 0.6 is 0 Å². The molecule has 0 aliphatic carbocycles. The molecule has 0 bridgehead atoms. The van der Waals surface area contributed by atoms with Crippen molar-refractivity contribution in [3.8, 4) is 0 Å². The molecule has 0 atom stereocenters. The van der Waals surface area contributed by atoms with Crippen molar-refractivity contribution in [3.05, 3.63) is 35.4 Å². The number of aryl methyl sites for hydroxylation is 1. The highest BCUT2D eigenvalue weighted by Crippen LogP contribution is 2.02. The number of amides is 1. The van der Waals surface area contributed by atoms with Crippen molar-refractivity contribution < 1.29 is 9.90 Å². The van der Waals surface area contributed by atoms with Gasteiger partial charge in [-0.05, 0) is 12.5 Å². The molecular formula is C11H15NO2. The highest BCUT2D eigenvalue weighted by Gasteiger charge is 1.99. The van der Waals surface area contributed by atoms with E-state index in [0.29, 0.717) is 6.54 Å². The van der Waals surface area contributed by atoms with E-state index in [4.69, 9.17) is 5.11 Å². The molecule has 0 aromatic heterocycles. The van der Waals surface area contributed by atoms with Crippen LogP contribution in [0.2, 0.25) is 0 Å². The highest BCUT2D eigenvalue weighted by atomic mass is 16.3. The Kier molecular flexibility index (Phi) is 4.13. The Morgan fingerprint density at radius 3 is 2.57 bits per heavy atom. The van der Waals surface area contributed by atoms with E-state index < -0.39 is 0 Å². The first kappa shape index (κ1) is 10.7. The fourth-order valence-corrected chi connectivity index (χ4v) is 1.10. The molecule has 14 heavy (non-hydrogen) atoms. The van der Waals surface area contributed by atoms with Crippen LogP contribution in [-0.4, -0.2) is 17.6 Å². The molecule has 0 aliphatic heterocycles. The second-order valence-corrected chi connectivity index (χ2v) is 3.24. The zero-order chi connectivity index (χ0) is 10.4. The molecule has 2 N–H and O–H groups in total. The standard InChI is InChI=1S/C11H15NO2/c1-9-2-4-10(5-3-9)8-12-11(14)6-7-13/h2-5,13H,6-8H2,1H3,(H,12,14). The second kappa shape index (κ2) is 5.40. The number of hydrogen-bond donors (Lipinski definition) is 2. The van der Waals surface area contributed by atoms with E-state index >= 15 is 0 Å². The fraction of sp³-hybridized carbons (Fsp3) is 0.364. The van der Waals surface area contributed by atoms with Crippen LogP contribution in [0.1, 0.15) is 17.5 Å². The van der Waals surface area contributed by atoms with E-state index in [1.807, 2.05) is 31.2 Å². The SMILES string of the molecule is Cc1ccc(CNC(=O)CCO)cc1. The van der Waals surface area contributed by atoms with Gasteiger partial charge in [-0.1, -0.05) is 29.8 Å². The zero-order valence-electron chi connectivity index (χ0n) is 8.29. The van der Waals surface area contributed by atoms with Crippen LogP contribution in [0.5, 0.6) is 0 Å². The van der Waals surface area contributed by atoms with Gasteiger partial charge in [0.15, 0.2) is 0 Å². The molecule has 0 spiro atoms. The number of aliphatic hydroxyl groups is 1. The summed E-state index contributed by atoms with van der Waals surface area (Å²) in [6.45, 7) is 2.45. The third-order valence-corrected chi connectivity index (χ3v) is 1.95. The Morgan fingerprint density at radius 1 is 1.36 bits per heavy atom. The summed E-state index contributed by atoms with van der Waals surface area (Å²) in [5.41, 5.74) is 2.28. The van der Waals surface area contributed by atoms with Crippen LogP contribution in [0.3, 0.4) is 0 Å². The van der Waals surface area contributed by atoms with Crippen LogP contribution < -0.4 is 5.32 Å². The van der Waals surface area contributed by atoms with Gasteiger partial charge in [0.25, 0.3) is 0 Å². The number of carbonyl (C=O) groups excluding carboxylic acids is 1. The smallest absolute Gasteiger partial charge is 0.222 e. The number of nitrogens with one attached hydrogen (secondary N) is 1. The lowest BCUT2D eigenvalue weighted by molar-refractivity contribution is -0.121. The van der Waals surface area contributed by atoms with Crippen LogP contribution in [0.25, 0.3) is 0 Å². The number of rotatable bonds is 4. The maximum Gasteiger partial charge on any atom is 0.222 e. The lowest BCUT2D eigenvalue weighted by Crippen LogP contribution is -2.23. The van der Waals surface area contributed by atoms with Gasteiger partial charge in [0, 0.05) is 13.0 Å². The molecule has 0 saturated heterocycles. The number of benzene rings is 1. The number of aliphatic hydroxyl groups excluding tert-OH is 1. The summed E-state index contributed by atoms with van der Waals surface area (Å²) in [6.07, 6.45) is 0.172. The number of carbonyl (C=O) groups is 1. The van der Waals surface area contributed by atoms with Crippen molar-refractivity contribution in [2.24, 2.45) is 0 Å². The molecule has 76 valence electrons.